The molecular formula is C16H26N2O3. The van der Waals surface area contributed by atoms with E-state index >= 15 is 0 Å². The van der Waals surface area contributed by atoms with Gasteiger partial charge in [-0.2, -0.15) is 0 Å². The number of ether oxygens (including phenoxy) is 1. The molecule has 5 nitrogen and oxygen atoms in total. The van der Waals surface area contributed by atoms with Gasteiger partial charge in [0.1, 0.15) is 18.5 Å². The Morgan fingerprint density at radius 2 is 1.86 bits per heavy atom. The number of amides is 1. The van der Waals surface area contributed by atoms with Crippen molar-refractivity contribution in [2.75, 3.05) is 18.5 Å². The van der Waals surface area contributed by atoms with E-state index in [1.165, 1.54) is 6.92 Å². The van der Waals surface area contributed by atoms with E-state index in [9.17, 15) is 9.90 Å². The molecule has 0 radical (unpaired) electrons. The van der Waals surface area contributed by atoms with Crippen molar-refractivity contribution in [1.82, 2.24) is 5.32 Å². The molecule has 21 heavy (non-hydrogen) atoms. The second kappa shape index (κ2) is 8.00. The van der Waals surface area contributed by atoms with Crippen LogP contribution in [0, 0.1) is 13.8 Å². The third kappa shape index (κ3) is 6.14. The Labute approximate surface area is 126 Å². The van der Waals surface area contributed by atoms with Gasteiger partial charge in [-0.25, -0.2) is 0 Å². The normalized spacial score (nSPS) is 12.3. The quantitative estimate of drug-likeness (QED) is 0.719. The van der Waals surface area contributed by atoms with Crippen LogP contribution in [0.5, 0.6) is 5.75 Å². The molecule has 1 unspecified atom stereocenters. The number of carbonyl (C=O) groups is 1. The maximum absolute atomic E-state index is 11.1. The zero-order valence-electron chi connectivity index (χ0n) is 13.5. The predicted molar refractivity (Wildman–Crippen MR) is 84.9 cm³/mol. The molecule has 1 aromatic rings. The smallest absolute Gasteiger partial charge is 0.221 e. The molecule has 0 aromatic heterocycles. The van der Waals surface area contributed by atoms with E-state index in [2.05, 4.69) is 10.6 Å². The van der Waals surface area contributed by atoms with Crippen LogP contribution < -0.4 is 15.4 Å². The average Bonchev–Trinajstić information content (AvgIpc) is 2.34. The van der Waals surface area contributed by atoms with Gasteiger partial charge in [-0.15, -0.1) is 0 Å². The van der Waals surface area contributed by atoms with Gasteiger partial charge in [0.2, 0.25) is 5.91 Å². The molecule has 3 N–H and O–H groups in total. The van der Waals surface area contributed by atoms with Gasteiger partial charge in [-0.05, 0) is 37.1 Å². The molecular weight excluding hydrogens is 268 g/mol. The van der Waals surface area contributed by atoms with Crippen LogP contribution in [-0.4, -0.2) is 36.3 Å². The molecule has 0 fully saturated rings. The van der Waals surface area contributed by atoms with Crippen LogP contribution in [0.15, 0.2) is 12.1 Å². The molecule has 0 saturated heterocycles. The molecule has 0 spiro atoms. The fourth-order valence-electron chi connectivity index (χ4n) is 2.06. The number of aliphatic hydroxyl groups excluding tert-OH is 1. The number of rotatable bonds is 7. The van der Waals surface area contributed by atoms with E-state index < -0.39 is 6.10 Å². The van der Waals surface area contributed by atoms with Crippen molar-refractivity contribution in [3.05, 3.63) is 23.3 Å². The Hall–Kier alpha value is -1.59. The van der Waals surface area contributed by atoms with Gasteiger partial charge < -0.3 is 20.5 Å². The fourth-order valence-corrected chi connectivity index (χ4v) is 2.06. The summed E-state index contributed by atoms with van der Waals surface area (Å²) in [5.74, 6) is 0.658. The van der Waals surface area contributed by atoms with Gasteiger partial charge in [-0.1, -0.05) is 13.8 Å². The first-order valence-electron chi connectivity index (χ1n) is 7.22. The number of benzene rings is 1. The predicted octanol–water partition coefficient (Wildman–Crippen LogP) is 2.00. The van der Waals surface area contributed by atoms with Crippen molar-refractivity contribution >= 4 is 11.6 Å². The molecule has 1 amide bonds. The van der Waals surface area contributed by atoms with Gasteiger partial charge in [0.05, 0.1) is 0 Å². The molecule has 0 bridgehead atoms. The topological polar surface area (TPSA) is 70.6 Å². The Bertz CT molecular complexity index is 463. The summed E-state index contributed by atoms with van der Waals surface area (Å²) < 4.78 is 5.72. The average molecular weight is 294 g/mol. The van der Waals surface area contributed by atoms with E-state index in [4.69, 9.17) is 4.74 Å². The number of anilines is 1. The van der Waals surface area contributed by atoms with Gasteiger partial charge in [0.25, 0.3) is 0 Å². The Balaban J connectivity index is 2.65. The van der Waals surface area contributed by atoms with Crippen molar-refractivity contribution in [2.24, 2.45) is 0 Å². The lowest BCUT2D eigenvalue weighted by Gasteiger charge is -2.18. The maximum Gasteiger partial charge on any atom is 0.221 e. The van der Waals surface area contributed by atoms with E-state index in [-0.39, 0.29) is 12.5 Å². The van der Waals surface area contributed by atoms with E-state index in [1.807, 2.05) is 39.8 Å². The number of hydrogen-bond acceptors (Lipinski definition) is 4. The largest absolute Gasteiger partial charge is 0.490 e. The summed E-state index contributed by atoms with van der Waals surface area (Å²) >= 11 is 0. The summed E-state index contributed by atoms with van der Waals surface area (Å²) in [7, 11) is 0. The van der Waals surface area contributed by atoms with Crippen molar-refractivity contribution in [3.8, 4) is 5.75 Å². The van der Waals surface area contributed by atoms with Crippen LogP contribution in [0.3, 0.4) is 0 Å². The summed E-state index contributed by atoms with van der Waals surface area (Å²) in [5.41, 5.74) is 2.62. The van der Waals surface area contributed by atoms with E-state index in [0.717, 1.165) is 22.6 Å². The molecule has 1 aromatic carbocycles. The van der Waals surface area contributed by atoms with Crippen LogP contribution in [0.4, 0.5) is 5.69 Å². The molecule has 1 rings (SSSR count). The van der Waals surface area contributed by atoms with Crippen molar-refractivity contribution in [2.45, 2.75) is 46.8 Å². The molecule has 5 heteroatoms. The van der Waals surface area contributed by atoms with E-state index in [1.54, 1.807) is 0 Å². The van der Waals surface area contributed by atoms with Crippen LogP contribution >= 0.6 is 0 Å². The zero-order valence-corrected chi connectivity index (χ0v) is 13.5. The van der Waals surface area contributed by atoms with Gasteiger partial charge in [0, 0.05) is 25.2 Å². The summed E-state index contributed by atoms with van der Waals surface area (Å²) in [6.07, 6.45) is -0.554. The number of carbonyl (C=O) groups excluding carboxylic acids is 1. The highest BCUT2D eigenvalue weighted by molar-refractivity contribution is 5.89. The van der Waals surface area contributed by atoms with Crippen molar-refractivity contribution in [1.29, 1.82) is 0 Å². The molecule has 1 atom stereocenters. The lowest BCUT2D eigenvalue weighted by molar-refractivity contribution is -0.114. The number of nitrogens with one attached hydrogen (secondary N) is 2. The third-order valence-electron chi connectivity index (χ3n) is 2.96. The minimum absolute atomic E-state index is 0.0994. The molecule has 118 valence electrons. The lowest BCUT2D eigenvalue weighted by Crippen LogP contribution is -2.35. The monoisotopic (exact) mass is 294 g/mol. The minimum Gasteiger partial charge on any atom is -0.490 e. The number of hydrogen-bond donors (Lipinski definition) is 3. The number of aryl methyl sites for hydroxylation is 2. The van der Waals surface area contributed by atoms with Gasteiger partial charge >= 0.3 is 0 Å². The minimum atomic E-state index is -0.554. The van der Waals surface area contributed by atoms with Crippen LogP contribution in [0.1, 0.15) is 31.9 Å². The first kappa shape index (κ1) is 17.5. The SMILES string of the molecule is CC(=O)Nc1cc(C)c(OCC(O)CNC(C)C)c(C)c1. The Morgan fingerprint density at radius 1 is 1.29 bits per heavy atom. The van der Waals surface area contributed by atoms with Gasteiger partial charge in [-0.3, -0.25) is 4.79 Å². The molecule has 0 heterocycles. The van der Waals surface area contributed by atoms with E-state index in [0.29, 0.717) is 12.6 Å². The first-order chi connectivity index (χ1) is 9.79. The standard InChI is InChI=1S/C16H26N2O3/c1-10(2)17-8-15(20)9-21-16-11(3)6-14(7-12(16)4)18-13(5)19/h6-7,10,15,17,20H,8-9H2,1-5H3,(H,18,19). The zero-order chi connectivity index (χ0) is 16.0. The molecule has 0 aliphatic carbocycles. The highest BCUT2D eigenvalue weighted by Crippen LogP contribution is 2.27. The van der Waals surface area contributed by atoms with Crippen LogP contribution in [0.2, 0.25) is 0 Å². The summed E-state index contributed by atoms with van der Waals surface area (Å²) in [4.78, 5) is 11.1. The third-order valence-corrected chi connectivity index (χ3v) is 2.96. The van der Waals surface area contributed by atoms with Crippen molar-refractivity contribution in [3.63, 3.8) is 0 Å². The summed E-state index contributed by atoms with van der Waals surface area (Å²) in [6.45, 7) is 10.1. The van der Waals surface area contributed by atoms with Gasteiger partial charge in [0.15, 0.2) is 0 Å². The Morgan fingerprint density at radius 3 is 2.33 bits per heavy atom. The summed E-state index contributed by atoms with van der Waals surface area (Å²) in [6, 6.07) is 4.06. The number of aliphatic hydroxyl groups is 1. The fraction of sp³-hybridized carbons (Fsp3) is 0.562. The molecule has 0 aliphatic rings. The Kier molecular flexibility index (Phi) is 6.65. The van der Waals surface area contributed by atoms with Crippen LogP contribution in [-0.2, 0) is 4.79 Å². The molecule has 0 saturated carbocycles. The highest BCUT2D eigenvalue weighted by atomic mass is 16.5. The second-order valence-corrected chi connectivity index (χ2v) is 5.65. The van der Waals surface area contributed by atoms with Crippen molar-refractivity contribution < 1.29 is 14.6 Å². The first-order valence-corrected chi connectivity index (χ1v) is 7.22. The molecule has 0 aliphatic heterocycles. The second-order valence-electron chi connectivity index (χ2n) is 5.65. The maximum atomic E-state index is 11.1. The highest BCUT2D eigenvalue weighted by Gasteiger charge is 2.11. The lowest BCUT2D eigenvalue weighted by atomic mass is 10.1. The van der Waals surface area contributed by atoms with Crippen LogP contribution in [0.25, 0.3) is 0 Å². The summed E-state index contributed by atoms with van der Waals surface area (Å²) in [5, 5.41) is 15.8.